The summed E-state index contributed by atoms with van der Waals surface area (Å²) in [4.78, 5) is 4.31. The first-order chi connectivity index (χ1) is 10.9. The van der Waals surface area contributed by atoms with Gasteiger partial charge in [-0.05, 0) is 36.6 Å². The number of halogens is 4. The minimum absolute atomic E-state index is 0.307. The van der Waals surface area contributed by atoms with E-state index < -0.39 is 11.7 Å². The third kappa shape index (κ3) is 2.57. The zero-order valence-electron chi connectivity index (χ0n) is 11.8. The summed E-state index contributed by atoms with van der Waals surface area (Å²) in [6.07, 6.45) is 0.895. The molecular formula is C16H11ClF3N3. The Morgan fingerprint density at radius 1 is 1.09 bits per heavy atom. The number of hydrogen-bond donors (Lipinski definition) is 0. The molecule has 1 aromatic carbocycles. The quantitative estimate of drug-likeness (QED) is 0.651. The van der Waals surface area contributed by atoms with Crippen molar-refractivity contribution in [3.8, 4) is 11.1 Å². The fraction of sp³-hybridized carbons (Fsp3) is 0.250. The summed E-state index contributed by atoms with van der Waals surface area (Å²) in [5.41, 5.74) is 1.79. The van der Waals surface area contributed by atoms with E-state index in [0.29, 0.717) is 17.2 Å². The lowest BCUT2D eigenvalue weighted by Gasteiger charge is -2.11. The van der Waals surface area contributed by atoms with Crippen LogP contribution >= 0.6 is 11.6 Å². The number of hydrogen-bond acceptors (Lipinski definition) is 2. The molecule has 2 heterocycles. The molecule has 118 valence electrons. The second-order valence-electron chi connectivity index (χ2n) is 5.64. The van der Waals surface area contributed by atoms with Crippen molar-refractivity contribution < 1.29 is 13.2 Å². The van der Waals surface area contributed by atoms with E-state index in [1.165, 1.54) is 6.07 Å². The van der Waals surface area contributed by atoms with Gasteiger partial charge >= 0.3 is 6.18 Å². The SMILES string of the molecule is FC(F)(F)c1cc(-c2cnc3cnn(C4CC4)c3c2)ccc1Cl. The van der Waals surface area contributed by atoms with Crippen molar-refractivity contribution in [3.05, 3.63) is 47.2 Å². The molecule has 0 radical (unpaired) electrons. The summed E-state index contributed by atoms with van der Waals surface area (Å²) >= 11 is 5.67. The van der Waals surface area contributed by atoms with Crippen molar-refractivity contribution in [1.82, 2.24) is 14.8 Å². The molecule has 7 heteroatoms. The van der Waals surface area contributed by atoms with Crippen LogP contribution in [0.15, 0.2) is 36.7 Å². The molecule has 1 aliphatic rings. The van der Waals surface area contributed by atoms with Crippen LogP contribution in [0.1, 0.15) is 24.4 Å². The van der Waals surface area contributed by atoms with E-state index >= 15 is 0 Å². The van der Waals surface area contributed by atoms with Crippen LogP contribution in [0, 0.1) is 0 Å². The Bertz CT molecular complexity index is 897. The monoisotopic (exact) mass is 337 g/mol. The Hall–Kier alpha value is -2.08. The van der Waals surface area contributed by atoms with Crippen LogP contribution in [0.2, 0.25) is 5.02 Å². The van der Waals surface area contributed by atoms with Crippen LogP contribution in [0.5, 0.6) is 0 Å². The lowest BCUT2D eigenvalue weighted by molar-refractivity contribution is -0.137. The molecule has 1 saturated carbocycles. The predicted octanol–water partition coefficient (Wildman–Crippen LogP) is 5.11. The molecule has 3 nitrogen and oxygen atoms in total. The van der Waals surface area contributed by atoms with Crippen LogP contribution in [0.25, 0.3) is 22.2 Å². The fourth-order valence-electron chi connectivity index (χ4n) is 2.62. The van der Waals surface area contributed by atoms with Gasteiger partial charge in [-0.25, -0.2) is 0 Å². The summed E-state index contributed by atoms with van der Waals surface area (Å²) in [6, 6.07) is 6.10. The molecule has 0 amide bonds. The second-order valence-corrected chi connectivity index (χ2v) is 6.05. The third-order valence-electron chi connectivity index (χ3n) is 3.95. The first kappa shape index (κ1) is 14.5. The molecule has 1 aliphatic carbocycles. The summed E-state index contributed by atoms with van der Waals surface area (Å²) in [5, 5.41) is 4.01. The van der Waals surface area contributed by atoms with Crippen molar-refractivity contribution in [1.29, 1.82) is 0 Å². The Kier molecular flexibility index (Phi) is 3.13. The van der Waals surface area contributed by atoms with E-state index in [4.69, 9.17) is 11.6 Å². The number of aromatic nitrogens is 3. The molecule has 3 aromatic rings. The topological polar surface area (TPSA) is 30.7 Å². The van der Waals surface area contributed by atoms with Crippen LogP contribution in [-0.4, -0.2) is 14.8 Å². The molecule has 0 unspecified atom stereocenters. The summed E-state index contributed by atoms with van der Waals surface area (Å²) in [6.45, 7) is 0. The van der Waals surface area contributed by atoms with Gasteiger partial charge in [0.15, 0.2) is 0 Å². The van der Waals surface area contributed by atoms with Gasteiger partial charge < -0.3 is 0 Å². The highest BCUT2D eigenvalue weighted by atomic mass is 35.5. The normalized spacial score (nSPS) is 15.3. The summed E-state index contributed by atoms with van der Waals surface area (Å²) in [5.74, 6) is 0. The Labute approximate surface area is 134 Å². The van der Waals surface area contributed by atoms with Crippen molar-refractivity contribution in [2.24, 2.45) is 0 Å². The van der Waals surface area contributed by atoms with E-state index in [1.54, 1.807) is 18.5 Å². The first-order valence-corrected chi connectivity index (χ1v) is 7.51. The molecule has 0 aliphatic heterocycles. The zero-order valence-corrected chi connectivity index (χ0v) is 12.6. The van der Waals surface area contributed by atoms with E-state index in [9.17, 15) is 13.2 Å². The molecule has 1 fully saturated rings. The average molecular weight is 338 g/mol. The van der Waals surface area contributed by atoms with Gasteiger partial charge in [0.2, 0.25) is 0 Å². The van der Waals surface area contributed by atoms with E-state index in [0.717, 1.165) is 29.9 Å². The predicted molar refractivity (Wildman–Crippen MR) is 81.2 cm³/mol. The van der Waals surface area contributed by atoms with Crippen molar-refractivity contribution in [3.63, 3.8) is 0 Å². The molecular weight excluding hydrogens is 327 g/mol. The van der Waals surface area contributed by atoms with Crippen molar-refractivity contribution >= 4 is 22.6 Å². The highest BCUT2D eigenvalue weighted by molar-refractivity contribution is 6.31. The van der Waals surface area contributed by atoms with Crippen molar-refractivity contribution in [2.45, 2.75) is 25.1 Å². The van der Waals surface area contributed by atoms with Crippen molar-refractivity contribution in [2.75, 3.05) is 0 Å². The Balaban J connectivity index is 1.84. The van der Waals surface area contributed by atoms with Gasteiger partial charge in [-0.2, -0.15) is 18.3 Å². The maximum absolute atomic E-state index is 13.0. The molecule has 23 heavy (non-hydrogen) atoms. The zero-order chi connectivity index (χ0) is 16.2. The lowest BCUT2D eigenvalue weighted by atomic mass is 10.0. The summed E-state index contributed by atoms with van der Waals surface area (Å²) < 4.78 is 40.9. The highest BCUT2D eigenvalue weighted by Crippen LogP contribution is 2.39. The molecule has 0 spiro atoms. The number of rotatable bonds is 2. The molecule has 4 rings (SSSR count). The van der Waals surface area contributed by atoms with Gasteiger partial charge in [-0.3, -0.25) is 9.67 Å². The third-order valence-corrected chi connectivity index (χ3v) is 4.28. The lowest BCUT2D eigenvalue weighted by Crippen LogP contribution is -2.06. The van der Waals surface area contributed by atoms with Gasteiger partial charge in [-0.15, -0.1) is 0 Å². The van der Waals surface area contributed by atoms with Gasteiger partial charge in [0.1, 0.15) is 5.52 Å². The van der Waals surface area contributed by atoms with Crippen LogP contribution < -0.4 is 0 Å². The number of fused-ring (bicyclic) bond motifs is 1. The standard InChI is InChI=1S/C16H11ClF3N3/c17-13-4-1-9(5-12(13)16(18,19)20)10-6-15-14(21-7-10)8-22-23(15)11-2-3-11/h1,4-8,11H,2-3H2. The minimum atomic E-state index is -4.49. The average Bonchev–Trinajstić information content (AvgIpc) is 3.26. The maximum atomic E-state index is 13.0. The van der Waals surface area contributed by atoms with Gasteiger partial charge in [0.05, 0.1) is 28.3 Å². The molecule has 2 aromatic heterocycles. The van der Waals surface area contributed by atoms with Crippen LogP contribution in [0.3, 0.4) is 0 Å². The molecule has 0 saturated heterocycles. The first-order valence-electron chi connectivity index (χ1n) is 7.14. The van der Waals surface area contributed by atoms with Gasteiger partial charge in [0.25, 0.3) is 0 Å². The van der Waals surface area contributed by atoms with E-state index in [1.807, 2.05) is 10.7 Å². The smallest absolute Gasteiger partial charge is 0.260 e. The fourth-order valence-corrected chi connectivity index (χ4v) is 2.84. The number of nitrogens with zero attached hydrogens (tertiary/aromatic N) is 3. The Morgan fingerprint density at radius 2 is 1.87 bits per heavy atom. The van der Waals surface area contributed by atoms with Crippen LogP contribution in [-0.2, 0) is 6.18 Å². The number of benzene rings is 1. The van der Waals surface area contributed by atoms with E-state index in [2.05, 4.69) is 10.1 Å². The Morgan fingerprint density at radius 3 is 2.57 bits per heavy atom. The summed E-state index contributed by atoms with van der Waals surface area (Å²) in [7, 11) is 0. The maximum Gasteiger partial charge on any atom is 0.417 e. The largest absolute Gasteiger partial charge is 0.417 e. The van der Waals surface area contributed by atoms with Gasteiger partial charge in [-0.1, -0.05) is 17.7 Å². The van der Waals surface area contributed by atoms with Gasteiger partial charge in [0, 0.05) is 11.8 Å². The molecule has 0 atom stereocenters. The number of pyridine rings is 1. The number of alkyl halides is 3. The second kappa shape index (κ2) is 4.96. The molecule has 0 N–H and O–H groups in total. The highest BCUT2D eigenvalue weighted by Gasteiger charge is 2.33. The van der Waals surface area contributed by atoms with Crippen LogP contribution in [0.4, 0.5) is 13.2 Å². The molecule has 0 bridgehead atoms. The minimum Gasteiger partial charge on any atom is -0.260 e. The van der Waals surface area contributed by atoms with E-state index in [-0.39, 0.29) is 5.02 Å².